The Hall–Kier alpha value is -2.42. The molecular weight excluding hydrogens is 483 g/mol. The van der Waals surface area contributed by atoms with Crippen molar-refractivity contribution in [3.8, 4) is 11.5 Å². The fraction of sp³-hybridized carbons (Fsp3) is 0.500. The molecule has 0 atom stereocenters. The van der Waals surface area contributed by atoms with Crippen molar-refractivity contribution in [2.45, 2.75) is 58.3 Å². The number of methoxy groups -OCH3 is 1. The summed E-state index contributed by atoms with van der Waals surface area (Å²) in [4.78, 5) is 35.9. The van der Waals surface area contributed by atoms with Gasteiger partial charge in [-0.25, -0.2) is 4.57 Å². The van der Waals surface area contributed by atoms with Crippen molar-refractivity contribution < 1.29 is 33.5 Å². The first kappa shape index (κ1) is 25.2. The molecule has 10 heteroatoms. The van der Waals surface area contributed by atoms with Crippen LogP contribution in [-0.4, -0.2) is 56.9 Å². The van der Waals surface area contributed by atoms with Crippen LogP contribution < -0.4 is 4.52 Å². The molecule has 0 unspecified atom stereocenters. The number of ether oxygens (including phenoxy) is 1. The summed E-state index contributed by atoms with van der Waals surface area (Å²) in [6, 6.07) is 8.95. The third-order valence-corrected chi connectivity index (χ3v) is 8.09. The highest BCUT2D eigenvalue weighted by molar-refractivity contribution is 7.46. The standard InChI is InChI=1S/C26H33N2O7P/c1-16(2)21-7-22(23(29)8-24(21)35-36(31,32)33)25(30)28-12-18-5-4-17(6-19(18)13-28)11-27-14-26(15-27)9-20(10-26)34-3/h4-8,16,20,29H,9-15H2,1-3H3,(H2,31,32,33). The molecule has 5 rings (SSSR count). The van der Waals surface area contributed by atoms with E-state index in [2.05, 4.69) is 23.1 Å². The number of phenolic OH excluding ortho intramolecular Hbond substituents is 1. The number of phosphoric ester groups is 1. The van der Waals surface area contributed by atoms with Gasteiger partial charge in [-0.15, -0.1) is 0 Å². The molecule has 9 nitrogen and oxygen atoms in total. The number of phenols is 1. The van der Waals surface area contributed by atoms with Crippen molar-refractivity contribution in [3.63, 3.8) is 0 Å². The zero-order chi connectivity index (χ0) is 25.8. The molecule has 1 aliphatic carbocycles. The van der Waals surface area contributed by atoms with Crippen LogP contribution in [0.3, 0.4) is 0 Å². The monoisotopic (exact) mass is 516 g/mol. The average molecular weight is 517 g/mol. The Morgan fingerprint density at radius 1 is 1.14 bits per heavy atom. The second-order valence-corrected chi connectivity index (χ2v) is 12.0. The lowest BCUT2D eigenvalue weighted by atomic mass is 9.61. The van der Waals surface area contributed by atoms with E-state index in [-0.39, 0.29) is 28.9 Å². The fourth-order valence-electron chi connectivity index (χ4n) is 5.88. The van der Waals surface area contributed by atoms with Gasteiger partial charge in [0.25, 0.3) is 5.91 Å². The van der Waals surface area contributed by atoms with Crippen LogP contribution in [0.5, 0.6) is 11.5 Å². The number of phosphoric acid groups is 1. The van der Waals surface area contributed by atoms with Crippen LogP contribution in [-0.2, 0) is 28.9 Å². The summed E-state index contributed by atoms with van der Waals surface area (Å²) >= 11 is 0. The van der Waals surface area contributed by atoms with E-state index in [1.165, 1.54) is 11.6 Å². The maximum atomic E-state index is 13.3. The number of fused-ring (bicyclic) bond motifs is 1. The molecule has 1 saturated carbocycles. The summed E-state index contributed by atoms with van der Waals surface area (Å²) in [5, 5.41) is 10.5. The van der Waals surface area contributed by atoms with Crippen molar-refractivity contribution >= 4 is 13.7 Å². The molecule has 2 fully saturated rings. The third kappa shape index (κ3) is 4.91. The predicted molar refractivity (Wildman–Crippen MR) is 133 cm³/mol. The topological polar surface area (TPSA) is 120 Å². The normalized spacial score (nSPS) is 19.3. The Morgan fingerprint density at radius 2 is 1.83 bits per heavy atom. The van der Waals surface area contributed by atoms with Gasteiger partial charge in [0.15, 0.2) is 0 Å². The molecule has 0 radical (unpaired) electrons. The van der Waals surface area contributed by atoms with Gasteiger partial charge in [-0.3, -0.25) is 19.5 Å². The molecule has 36 heavy (non-hydrogen) atoms. The van der Waals surface area contributed by atoms with Crippen LogP contribution in [0.15, 0.2) is 30.3 Å². The molecule has 2 aromatic carbocycles. The lowest BCUT2D eigenvalue weighted by Crippen LogP contribution is -2.63. The van der Waals surface area contributed by atoms with Crippen molar-refractivity contribution in [2.24, 2.45) is 5.41 Å². The van der Waals surface area contributed by atoms with Gasteiger partial charge in [0, 0.05) is 51.3 Å². The zero-order valence-electron chi connectivity index (χ0n) is 20.8. The van der Waals surface area contributed by atoms with Gasteiger partial charge < -0.3 is 19.3 Å². The fourth-order valence-corrected chi connectivity index (χ4v) is 6.29. The highest BCUT2D eigenvalue weighted by Gasteiger charge is 2.52. The van der Waals surface area contributed by atoms with Gasteiger partial charge in [0.05, 0.1) is 11.7 Å². The van der Waals surface area contributed by atoms with E-state index < -0.39 is 7.82 Å². The number of likely N-dealkylation sites (tertiary alicyclic amines) is 1. The highest BCUT2D eigenvalue weighted by Crippen LogP contribution is 2.50. The summed E-state index contributed by atoms with van der Waals surface area (Å²) in [5.41, 5.74) is 4.39. The SMILES string of the molecule is COC1CC2(C1)CN(Cc1ccc3c(c1)CN(C(=O)c1cc(C(C)C)c(OP(=O)(O)O)cc1O)C3)C2. The van der Waals surface area contributed by atoms with Gasteiger partial charge in [0.1, 0.15) is 11.5 Å². The Kier molecular flexibility index (Phi) is 6.42. The molecule has 0 bridgehead atoms. The summed E-state index contributed by atoms with van der Waals surface area (Å²) in [5.74, 6) is -1.02. The molecule has 2 heterocycles. The highest BCUT2D eigenvalue weighted by atomic mass is 31.2. The van der Waals surface area contributed by atoms with E-state index in [9.17, 15) is 24.3 Å². The second-order valence-electron chi connectivity index (χ2n) is 10.8. The molecule has 0 aromatic heterocycles. The van der Waals surface area contributed by atoms with Crippen LogP contribution in [0.2, 0.25) is 0 Å². The first-order valence-corrected chi connectivity index (χ1v) is 13.8. The van der Waals surface area contributed by atoms with Crippen LogP contribution in [0, 0.1) is 5.41 Å². The van der Waals surface area contributed by atoms with Crippen LogP contribution in [0.25, 0.3) is 0 Å². The van der Waals surface area contributed by atoms with E-state index in [0.717, 1.165) is 49.7 Å². The van der Waals surface area contributed by atoms with Gasteiger partial charge in [-0.1, -0.05) is 32.0 Å². The second kappa shape index (κ2) is 9.15. The molecule has 2 aliphatic heterocycles. The zero-order valence-corrected chi connectivity index (χ0v) is 21.7. The minimum Gasteiger partial charge on any atom is -0.507 e. The molecule has 1 saturated heterocycles. The third-order valence-electron chi connectivity index (χ3n) is 7.66. The quantitative estimate of drug-likeness (QED) is 0.476. The van der Waals surface area contributed by atoms with Crippen LogP contribution in [0.4, 0.5) is 0 Å². The van der Waals surface area contributed by atoms with Crippen LogP contribution >= 0.6 is 7.82 Å². The lowest BCUT2D eigenvalue weighted by Gasteiger charge is -2.58. The number of carbonyl (C=O) groups is 1. The maximum Gasteiger partial charge on any atom is 0.524 e. The first-order valence-electron chi connectivity index (χ1n) is 12.2. The predicted octanol–water partition coefficient (Wildman–Crippen LogP) is 3.75. The summed E-state index contributed by atoms with van der Waals surface area (Å²) in [6.07, 6.45) is 2.72. The average Bonchev–Trinajstić information content (AvgIpc) is 3.16. The van der Waals surface area contributed by atoms with Gasteiger partial charge in [0.2, 0.25) is 0 Å². The van der Waals surface area contributed by atoms with Crippen LogP contribution in [0.1, 0.15) is 65.2 Å². The molecular formula is C26H33N2O7P. The molecule has 3 aliphatic rings. The van der Waals surface area contributed by atoms with E-state index in [1.807, 2.05) is 13.8 Å². The first-order chi connectivity index (χ1) is 16.9. The minimum atomic E-state index is -4.81. The maximum absolute atomic E-state index is 13.3. The number of amides is 1. The molecule has 1 amide bonds. The van der Waals surface area contributed by atoms with Crippen molar-refractivity contribution in [2.75, 3.05) is 20.2 Å². The van der Waals surface area contributed by atoms with Gasteiger partial charge >= 0.3 is 7.82 Å². The number of benzene rings is 2. The van der Waals surface area contributed by atoms with E-state index in [1.54, 1.807) is 12.0 Å². The van der Waals surface area contributed by atoms with Crippen molar-refractivity contribution in [3.05, 3.63) is 58.1 Å². The van der Waals surface area contributed by atoms with E-state index in [4.69, 9.17) is 9.26 Å². The molecule has 3 N–H and O–H groups in total. The Bertz CT molecular complexity index is 1230. The Labute approximate surface area is 210 Å². The number of hydrogen-bond donors (Lipinski definition) is 3. The van der Waals surface area contributed by atoms with Crippen molar-refractivity contribution in [1.82, 2.24) is 9.80 Å². The van der Waals surface area contributed by atoms with Gasteiger partial charge in [-0.2, -0.15) is 0 Å². The number of nitrogens with zero attached hydrogens (tertiary/aromatic N) is 2. The number of hydrogen-bond acceptors (Lipinski definition) is 6. The Morgan fingerprint density at radius 3 is 2.47 bits per heavy atom. The van der Waals surface area contributed by atoms with Gasteiger partial charge in [-0.05, 0) is 47.1 Å². The Balaban J connectivity index is 1.26. The largest absolute Gasteiger partial charge is 0.524 e. The summed E-state index contributed by atoms with van der Waals surface area (Å²) in [7, 11) is -3.03. The van der Waals surface area contributed by atoms with E-state index >= 15 is 0 Å². The lowest BCUT2D eigenvalue weighted by molar-refractivity contribution is -0.142. The molecule has 194 valence electrons. The minimum absolute atomic E-state index is 0.0885. The van der Waals surface area contributed by atoms with Crippen molar-refractivity contribution in [1.29, 1.82) is 0 Å². The summed E-state index contributed by atoms with van der Waals surface area (Å²) < 4.78 is 21.5. The number of rotatable bonds is 7. The molecule has 2 aromatic rings. The summed E-state index contributed by atoms with van der Waals surface area (Å²) in [6.45, 7) is 7.62. The number of carbonyl (C=O) groups excluding carboxylic acids is 1. The van der Waals surface area contributed by atoms with E-state index in [0.29, 0.717) is 30.2 Å². The molecule has 1 spiro atoms. The number of aromatic hydroxyl groups is 1. The smallest absolute Gasteiger partial charge is 0.507 e.